The van der Waals surface area contributed by atoms with Gasteiger partial charge in [-0.05, 0) is 55.8 Å². The minimum absolute atomic E-state index is 0.605. The van der Waals surface area contributed by atoms with Crippen LogP contribution in [0.15, 0.2) is 24.3 Å². The zero-order valence-corrected chi connectivity index (χ0v) is 8.26. The van der Waals surface area contributed by atoms with Crippen LogP contribution >= 0.6 is 0 Å². The van der Waals surface area contributed by atoms with E-state index < -0.39 is 0 Å². The zero-order valence-electron chi connectivity index (χ0n) is 8.26. The van der Waals surface area contributed by atoms with Gasteiger partial charge in [-0.1, -0.05) is 17.7 Å². The smallest absolute Gasteiger partial charge is 0.00479 e. The van der Waals surface area contributed by atoms with Crippen LogP contribution in [0.5, 0.6) is 0 Å². The van der Waals surface area contributed by atoms with Crippen molar-refractivity contribution in [1.82, 2.24) is 0 Å². The molecule has 3 aliphatic rings. The Hall–Kier alpha value is -0.520. The maximum Gasteiger partial charge on any atom is -0.00479 e. The van der Waals surface area contributed by atoms with E-state index in [1.165, 1.54) is 38.5 Å². The number of allylic oxidation sites excluding steroid dienone is 3. The molecule has 0 heteroatoms. The summed E-state index contributed by atoms with van der Waals surface area (Å²) in [6.07, 6.45) is 13.2. The van der Waals surface area contributed by atoms with Crippen molar-refractivity contribution in [1.29, 1.82) is 0 Å². The van der Waals surface area contributed by atoms with Crippen LogP contribution in [-0.2, 0) is 0 Å². The first kappa shape index (κ1) is 7.84. The monoisotopic (exact) mass is 174 g/mol. The van der Waals surface area contributed by atoms with Gasteiger partial charge in [-0.15, -0.1) is 6.58 Å². The highest BCUT2D eigenvalue weighted by atomic mass is 14.6. The van der Waals surface area contributed by atoms with Gasteiger partial charge in [-0.2, -0.15) is 0 Å². The third-order valence-electron chi connectivity index (χ3n) is 4.60. The highest BCUT2D eigenvalue weighted by Crippen LogP contribution is 2.64. The van der Waals surface area contributed by atoms with Crippen LogP contribution in [0.1, 0.15) is 38.5 Å². The van der Waals surface area contributed by atoms with E-state index in [2.05, 4.69) is 18.7 Å². The maximum atomic E-state index is 3.92. The topological polar surface area (TPSA) is 0 Å². The SMILES string of the molecule is C=CCC12CCC(C1)C1CCC=C12. The van der Waals surface area contributed by atoms with Crippen molar-refractivity contribution in [3.63, 3.8) is 0 Å². The molecule has 70 valence electrons. The Morgan fingerprint density at radius 2 is 2.46 bits per heavy atom. The largest absolute Gasteiger partial charge is 0.103 e. The average Bonchev–Trinajstić information content (AvgIpc) is 2.73. The van der Waals surface area contributed by atoms with Crippen molar-refractivity contribution in [2.24, 2.45) is 17.3 Å². The Morgan fingerprint density at radius 3 is 3.31 bits per heavy atom. The molecule has 0 aliphatic heterocycles. The van der Waals surface area contributed by atoms with Crippen LogP contribution < -0.4 is 0 Å². The maximum absolute atomic E-state index is 3.92. The van der Waals surface area contributed by atoms with E-state index in [1.54, 1.807) is 0 Å². The second-order valence-corrected chi connectivity index (χ2v) is 5.12. The molecule has 0 aromatic rings. The molecule has 0 saturated heterocycles. The van der Waals surface area contributed by atoms with Gasteiger partial charge in [0.15, 0.2) is 0 Å². The van der Waals surface area contributed by atoms with Crippen LogP contribution in [0.4, 0.5) is 0 Å². The molecule has 2 bridgehead atoms. The molecule has 0 spiro atoms. The fourth-order valence-corrected chi connectivity index (χ4v) is 4.18. The van der Waals surface area contributed by atoms with Crippen molar-refractivity contribution < 1.29 is 0 Å². The molecule has 0 radical (unpaired) electrons. The summed E-state index contributed by atoms with van der Waals surface area (Å²) < 4.78 is 0. The van der Waals surface area contributed by atoms with Gasteiger partial charge in [-0.25, -0.2) is 0 Å². The molecule has 0 aromatic heterocycles. The second-order valence-electron chi connectivity index (χ2n) is 5.12. The molecular weight excluding hydrogens is 156 g/mol. The van der Waals surface area contributed by atoms with E-state index in [1.807, 2.05) is 5.57 Å². The van der Waals surface area contributed by atoms with Crippen molar-refractivity contribution >= 4 is 0 Å². The van der Waals surface area contributed by atoms with Gasteiger partial charge in [0.25, 0.3) is 0 Å². The van der Waals surface area contributed by atoms with Gasteiger partial charge < -0.3 is 0 Å². The van der Waals surface area contributed by atoms with Crippen LogP contribution in [0.25, 0.3) is 0 Å². The minimum atomic E-state index is 0.605. The lowest BCUT2D eigenvalue weighted by atomic mass is 9.74. The summed E-state index contributed by atoms with van der Waals surface area (Å²) >= 11 is 0. The third-order valence-corrected chi connectivity index (χ3v) is 4.60. The molecule has 0 amide bonds. The van der Waals surface area contributed by atoms with Crippen molar-refractivity contribution in [3.05, 3.63) is 24.3 Å². The Bertz CT molecular complexity index is 274. The fourth-order valence-electron chi connectivity index (χ4n) is 4.18. The Morgan fingerprint density at radius 1 is 1.54 bits per heavy atom. The first-order valence-electron chi connectivity index (χ1n) is 5.67. The lowest BCUT2D eigenvalue weighted by molar-refractivity contribution is 0.358. The van der Waals surface area contributed by atoms with E-state index in [-0.39, 0.29) is 0 Å². The molecule has 3 aliphatic carbocycles. The van der Waals surface area contributed by atoms with Gasteiger partial charge in [-0.3, -0.25) is 0 Å². The van der Waals surface area contributed by atoms with Crippen LogP contribution in [0.2, 0.25) is 0 Å². The van der Waals surface area contributed by atoms with Crippen LogP contribution in [0.3, 0.4) is 0 Å². The summed E-state index contributed by atoms with van der Waals surface area (Å²) in [4.78, 5) is 0. The van der Waals surface area contributed by atoms with E-state index >= 15 is 0 Å². The molecule has 2 saturated carbocycles. The lowest BCUT2D eigenvalue weighted by Crippen LogP contribution is -2.19. The highest BCUT2D eigenvalue weighted by Gasteiger charge is 2.53. The molecule has 3 unspecified atom stereocenters. The Labute approximate surface area is 80.7 Å². The number of hydrogen-bond donors (Lipinski definition) is 0. The summed E-state index contributed by atoms with van der Waals surface area (Å²) in [7, 11) is 0. The molecule has 3 rings (SSSR count). The summed E-state index contributed by atoms with van der Waals surface area (Å²) in [5.41, 5.74) is 2.44. The standard InChI is InChI=1S/C13H18/c1-2-7-13-8-6-10(9-13)11-4-3-5-12(11)13/h2,5,10-11H,1,3-4,6-9H2. The predicted molar refractivity (Wildman–Crippen MR) is 55.4 cm³/mol. The van der Waals surface area contributed by atoms with Gasteiger partial charge in [0.05, 0.1) is 0 Å². The molecular formula is C13H18. The van der Waals surface area contributed by atoms with Gasteiger partial charge in [0, 0.05) is 0 Å². The normalized spacial score (nSPS) is 46.3. The second kappa shape index (κ2) is 2.50. The third kappa shape index (κ3) is 0.868. The molecule has 2 fully saturated rings. The molecule has 0 nitrogen and oxygen atoms in total. The van der Waals surface area contributed by atoms with Crippen LogP contribution in [-0.4, -0.2) is 0 Å². The Kier molecular flexibility index (Phi) is 1.51. The van der Waals surface area contributed by atoms with Crippen molar-refractivity contribution in [2.45, 2.75) is 38.5 Å². The highest BCUT2D eigenvalue weighted by molar-refractivity contribution is 5.32. The van der Waals surface area contributed by atoms with Gasteiger partial charge in [0.1, 0.15) is 0 Å². The first-order chi connectivity index (χ1) is 6.36. The average molecular weight is 174 g/mol. The van der Waals surface area contributed by atoms with Crippen LogP contribution in [0, 0.1) is 17.3 Å². The fraction of sp³-hybridized carbons (Fsp3) is 0.692. The van der Waals surface area contributed by atoms with Gasteiger partial charge in [0.2, 0.25) is 0 Å². The first-order valence-corrected chi connectivity index (χ1v) is 5.67. The number of fused-ring (bicyclic) bond motifs is 5. The van der Waals surface area contributed by atoms with Crippen molar-refractivity contribution in [3.8, 4) is 0 Å². The van der Waals surface area contributed by atoms with E-state index in [0.29, 0.717) is 5.41 Å². The molecule has 0 N–H and O–H groups in total. The summed E-state index contributed by atoms with van der Waals surface area (Å²) in [6.45, 7) is 3.92. The summed E-state index contributed by atoms with van der Waals surface area (Å²) in [5.74, 6) is 2.04. The summed E-state index contributed by atoms with van der Waals surface area (Å²) in [6, 6.07) is 0. The molecule has 3 atom stereocenters. The Balaban J connectivity index is 1.99. The number of hydrogen-bond acceptors (Lipinski definition) is 0. The number of rotatable bonds is 2. The zero-order chi connectivity index (χ0) is 8.89. The van der Waals surface area contributed by atoms with Gasteiger partial charge >= 0.3 is 0 Å². The van der Waals surface area contributed by atoms with E-state index in [4.69, 9.17) is 0 Å². The summed E-state index contributed by atoms with van der Waals surface area (Å²) in [5, 5.41) is 0. The van der Waals surface area contributed by atoms with E-state index in [9.17, 15) is 0 Å². The molecule has 13 heavy (non-hydrogen) atoms. The molecule has 0 heterocycles. The predicted octanol–water partition coefficient (Wildman–Crippen LogP) is 3.70. The van der Waals surface area contributed by atoms with Crippen molar-refractivity contribution in [2.75, 3.05) is 0 Å². The molecule has 0 aromatic carbocycles. The quantitative estimate of drug-likeness (QED) is 0.560. The lowest BCUT2D eigenvalue weighted by Gasteiger charge is -2.30. The minimum Gasteiger partial charge on any atom is -0.103 e. The van der Waals surface area contributed by atoms with E-state index in [0.717, 1.165) is 11.8 Å².